The van der Waals surface area contributed by atoms with Gasteiger partial charge in [0.05, 0.1) is 6.54 Å². The van der Waals surface area contributed by atoms with Gasteiger partial charge in [-0.1, -0.05) is 26.7 Å². The standard InChI is InChI=1S/C10H20N2/c1-6-7-12(5)8-9(11)10(2,3)4/h1,9H,7-8,11H2,2-5H3. The molecule has 2 N–H and O–H groups in total. The number of rotatable bonds is 3. The van der Waals surface area contributed by atoms with E-state index >= 15 is 0 Å². The molecule has 0 aliphatic carbocycles. The maximum Gasteiger partial charge on any atom is 0.0596 e. The van der Waals surface area contributed by atoms with Crippen molar-refractivity contribution in [3.8, 4) is 12.3 Å². The van der Waals surface area contributed by atoms with Crippen LogP contribution in [0, 0.1) is 17.8 Å². The fourth-order valence-electron chi connectivity index (χ4n) is 0.830. The molecule has 0 heterocycles. The molecule has 0 saturated carbocycles. The van der Waals surface area contributed by atoms with Gasteiger partial charge in [0.2, 0.25) is 0 Å². The Morgan fingerprint density at radius 3 is 2.33 bits per heavy atom. The molecule has 0 rings (SSSR count). The Morgan fingerprint density at radius 2 is 2.00 bits per heavy atom. The van der Waals surface area contributed by atoms with Crippen LogP contribution in [-0.4, -0.2) is 31.1 Å². The fourth-order valence-corrected chi connectivity index (χ4v) is 0.830. The second-order valence-corrected chi connectivity index (χ2v) is 4.37. The van der Waals surface area contributed by atoms with E-state index in [1.807, 2.05) is 7.05 Å². The van der Waals surface area contributed by atoms with Crippen molar-refractivity contribution in [1.82, 2.24) is 4.90 Å². The predicted molar refractivity (Wildman–Crippen MR) is 53.8 cm³/mol. The maximum absolute atomic E-state index is 5.97. The minimum absolute atomic E-state index is 0.156. The van der Waals surface area contributed by atoms with Crippen molar-refractivity contribution in [2.24, 2.45) is 11.1 Å². The number of terminal acetylenes is 1. The lowest BCUT2D eigenvalue weighted by Gasteiger charge is -2.30. The Bertz CT molecular complexity index is 162. The second kappa shape index (κ2) is 4.49. The first-order valence-electron chi connectivity index (χ1n) is 4.25. The summed E-state index contributed by atoms with van der Waals surface area (Å²) in [5, 5.41) is 0. The molecule has 0 aromatic rings. The zero-order valence-electron chi connectivity index (χ0n) is 8.59. The van der Waals surface area contributed by atoms with E-state index < -0.39 is 0 Å². The van der Waals surface area contributed by atoms with Gasteiger partial charge in [0, 0.05) is 12.6 Å². The van der Waals surface area contributed by atoms with E-state index in [-0.39, 0.29) is 11.5 Å². The van der Waals surface area contributed by atoms with Gasteiger partial charge in [-0.25, -0.2) is 0 Å². The van der Waals surface area contributed by atoms with E-state index in [0.29, 0.717) is 6.54 Å². The molecule has 1 atom stereocenters. The summed E-state index contributed by atoms with van der Waals surface area (Å²) >= 11 is 0. The number of hydrogen-bond acceptors (Lipinski definition) is 2. The van der Waals surface area contributed by atoms with Gasteiger partial charge in [-0.15, -0.1) is 6.42 Å². The van der Waals surface area contributed by atoms with E-state index in [4.69, 9.17) is 12.2 Å². The first kappa shape index (κ1) is 11.5. The normalized spacial score (nSPS) is 14.4. The number of nitrogens with two attached hydrogens (primary N) is 1. The van der Waals surface area contributed by atoms with Crippen molar-refractivity contribution in [2.45, 2.75) is 26.8 Å². The molecular weight excluding hydrogens is 148 g/mol. The van der Waals surface area contributed by atoms with Gasteiger partial charge < -0.3 is 5.73 Å². The molecule has 0 aliphatic rings. The number of nitrogens with zero attached hydrogens (tertiary/aromatic N) is 1. The average molecular weight is 168 g/mol. The van der Waals surface area contributed by atoms with E-state index in [1.54, 1.807) is 0 Å². The lowest BCUT2D eigenvalue weighted by molar-refractivity contribution is 0.241. The number of hydrogen-bond donors (Lipinski definition) is 1. The molecule has 12 heavy (non-hydrogen) atoms. The van der Waals surface area contributed by atoms with Crippen molar-refractivity contribution in [2.75, 3.05) is 20.1 Å². The van der Waals surface area contributed by atoms with Crippen molar-refractivity contribution < 1.29 is 0 Å². The molecule has 2 nitrogen and oxygen atoms in total. The highest BCUT2D eigenvalue weighted by atomic mass is 15.1. The molecule has 1 unspecified atom stereocenters. The minimum atomic E-state index is 0.156. The van der Waals surface area contributed by atoms with Crippen LogP contribution in [0.4, 0.5) is 0 Å². The van der Waals surface area contributed by atoms with Gasteiger partial charge in [-0.05, 0) is 12.5 Å². The molecule has 0 aliphatic heterocycles. The summed E-state index contributed by atoms with van der Waals surface area (Å²) in [5.41, 5.74) is 6.13. The Kier molecular flexibility index (Phi) is 4.30. The monoisotopic (exact) mass is 168 g/mol. The van der Waals surface area contributed by atoms with Crippen LogP contribution in [0.3, 0.4) is 0 Å². The lowest BCUT2D eigenvalue weighted by Crippen LogP contribution is -2.44. The van der Waals surface area contributed by atoms with Crippen LogP contribution < -0.4 is 5.73 Å². The summed E-state index contributed by atoms with van der Waals surface area (Å²) in [6.07, 6.45) is 5.18. The van der Waals surface area contributed by atoms with Crippen LogP contribution in [-0.2, 0) is 0 Å². The molecule has 0 aromatic heterocycles. The van der Waals surface area contributed by atoms with Crippen LogP contribution in [0.15, 0.2) is 0 Å². The zero-order valence-corrected chi connectivity index (χ0v) is 8.59. The molecule has 0 spiro atoms. The molecule has 0 bridgehead atoms. The topological polar surface area (TPSA) is 29.3 Å². The highest BCUT2D eigenvalue weighted by Crippen LogP contribution is 2.17. The molecule has 70 valence electrons. The largest absolute Gasteiger partial charge is 0.326 e. The molecule has 0 saturated heterocycles. The summed E-state index contributed by atoms with van der Waals surface area (Å²) in [6, 6.07) is 0.177. The van der Waals surface area contributed by atoms with Gasteiger partial charge in [0.25, 0.3) is 0 Å². The molecule has 0 amide bonds. The summed E-state index contributed by atoms with van der Waals surface area (Å²) in [6.45, 7) is 7.95. The van der Waals surface area contributed by atoms with Crippen molar-refractivity contribution in [3.05, 3.63) is 0 Å². The molecule has 0 radical (unpaired) electrons. The first-order valence-corrected chi connectivity index (χ1v) is 4.25. The number of likely N-dealkylation sites (N-methyl/N-ethyl adjacent to an activating group) is 1. The van der Waals surface area contributed by atoms with Gasteiger partial charge in [0.15, 0.2) is 0 Å². The average Bonchev–Trinajstić information content (AvgIpc) is 1.85. The van der Waals surface area contributed by atoms with E-state index in [1.165, 1.54) is 0 Å². The molecule has 0 fully saturated rings. The Labute approximate surface area is 76.1 Å². The van der Waals surface area contributed by atoms with Crippen molar-refractivity contribution in [3.63, 3.8) is 0 Å². The highest BCUT2D eigenvalue weighted by molar-refractivity contribution is 4.89. The first-order chi connectivity index (χ1) is 5.38. The smallest absolute Gasteiger partial charge is 0.0596 e. The fraction of sp³-hybridized carbons (Fsp3) is 0.800. The van der Waals surface area contributed by atoms with Crippen LogP contribution in [0.1, 0.15) is 20.8 Å². The quantitative estimate of drug-likeness (QED) is 0.635. The summed E-state index contributed by atoms with van der Waals surface area (Å²) in [5.74, 6) is 2.59. The lowest BCUT2D eigenvalue weighted by atomic mass is 9.87. The van der Waals surface area contributed by atoms with Crippen LogP contribution in [0.25, 0.3) is 0 Å². The second-order valence-electron chi connectivity index (χ2n) is 4.37. The zero-order chi connectivity index (χ0) is 9.78. The maximum atomic E-state index is 5.97. The summed E-state index contributed by atoms with van der Waals surface area (Å²) < 4.78 is 0. The van der Waals surface area contributed by atoms with Gasteiger partial charge in [0.1, 0.15) is 0 Å². The van der Waals surface area contributed by atoms with E-state index in [0.717, 1.165) is 6.54 Å². The van der Waals surface area contributed by atoms with Gasteiger partial charge in [-0.2, -0.15) is 0 Å². The van der Waals surface area contributed by atoms with Crippen molar-refractivity contribution in [1.29, 1.82) is 0 Å². The van der Waals surface area contributed by atoms with E-state index in [9.17, 15) is 0 Å². The molecule has 0 aromatic carbocycles. The van der Waals surface area contributed by atoms with Crippen LogP contribution >= 0.6 is 0 Å². The van der Waals surface area contributed by atoms with Crippen LogP contribution in [0.5, 0.6) is 0 Å². The van der Waals surface area contributed by atoms with Gasteiger partial charge >= 0.3 is 0 Å². The third-order valence-corrected chi connectivity index (χ3v) is 1.98. The summed E-state index contributed by atoms with van der Waals surface area (Å²) in [7, 11) is 1.99. The predicted octanol–water partition coefficient (Wildman–Crippen LogP) is 0.925. The van der Waals surface area contributed by atoms with Crippen molar-refractivity contribution >= 4 is 0 Å². The van der Waals surface area contributed by atoms with E-state index in [2.05, 4.69) is 31.6 Å². The molecular formula is C10H20N2. The Balaban J connectivity index is 3.86. The SMILES string of the molecule is C#CCN(C)CC(N)C(C)(C)C. The highest BCUT2D eigenvalue weighted by Gasteiger charge is 2.21. The third-order valence-electron chi connectivity index (χ3n) is 1.98. The third kappa shape index (κ3) is 4.38. The minimum Gasteiger partial charge on any atom is -0.326 e. The Hall–Kier alpha value is -0.520. The van der Waals surface area contributed by atoms with Gasteiger partial charge in [-0.3, -0.25) is 4.90 Å². The van der Waals surface area contributed by atoms with Crippen LogP contribution in [0.2, 0.25) is 0 Å². The Morgan fingerprint density at radius 1 is 1.50 bits per heavy atom. The summed E-state index contributed by atoms with van der Waals surface area (Å²) in [4.78, 5) is 2.07. The molecule has 2 heteroatoms.